The van der Waals surface area contributed by atoms with Crippen molar-refractivity contribution in [2.24, 2.45) is 0 Å². The van der Waals surface area contributed by atoms with Crippen LogP contribution >= 0.6 is 11.6 Å². The summed E-state index contributed by atoms with van der Waals surface area (Å²) in [5, 5.41) is 3.50. The van der Waals surface area contributed by atoms with Crippen molar-refractivity contribution in [2.75, 3.05) is 18.9 Å². The van der Waals surface area contributed by atoms with Crippen LogP contribution < -0.4 is 10.0 Å². The Labute approximate surface area is 129 Å². The molecule has 1 aromatic heterocycles. The van der Waals surface area contributed by atoms with E-state index < -0.39 is 10.0 Å². The highest BCUT2D eigenvalue weighted by molar-refractivity contribution is 7.89. The monoisotopic (exact) mass is 325 g/mol. The average molecular weight is 326 g/mol. The fraction of sp³-hybridized carbons (Fsp3) is 0.214. The molecule has 0 bridgehead atoms. The van der Waals surface area contributed by atoms with Gasteiger partial charge < -0.3 is 5.32 Å². The van der Waals surface area contributed by atoms with Crippen molar-refractivity contribution in [1.29, 1.82) is 0 Å². The highest BCUT2D eigenvalue weighted by Crippen LogP contribution is 2.18. The lowest BCUT2D eigenvalue weighted by atomic mass is 10.2. The molecule has 112 valence electrons. The first-order valence-electron chi connectivity index (χ1n) is 6.39. The van der Waals surface area contributed by atoms with Crippen molar-refractivity contribution in [2.45, 2.75) is 11.3 Å². The zero-order valence-electron chi connectivity index (χ0n) is 11.5. The molecule has 21 heavy (non-hydrogen) atoms. The van der Waals surface area contributed by atoms with E-state index in [4.69, 9.17) is 11.6 Å². The van der Waals surface area contributed by atoms with E-state index in [9.17, 15) is 8.42 Å². The van der Waals surface area contributed by atoms with Gasteiger partial charge in [0, 0.05) is 31.0 Å². The van der Waals surface area contributed by atoms with E-state index in [0.717, 1.165) is 5.56 Å². The third kappa shape index (κ3) is 4.17. The molecule has 2 N–H and O–H groups in total. The lowest BCUT2D eigenvalue weighted by Crippen LogP contribution is -2.26. The zero-order chi connectivity index (χ0) is 15.3. The third-order valence-electron chi connectivity index (χ3n) is 2.96. The second-order valence-electron chi connectivity index (χ2n) is 4.40. The van der Waals surface area contributed by atoms with Crippen molar-refractivity contribution in [3.8, 4) is 0 Å². The highest BCUT2D eigenvalue weighted by Gasteiger charge is 2.17. The number of aromatic nitrogens is 1. The summed E-state index contributed by atoms with van der Waals surface area (Å²) in [7, 11) is -1.91. The number of rotatable bonds is 6. The van der Waals surface area contributed by atoms with Gasteiger partial charge in [-0.25, -0.2) is 13.1 Å². The number of nitrogens with one attached hydrogen (secondary N) is 2. The summed E-state index contributed by atoms with van der Waals surface area (Å²) >= 11 is 5.81. The SMILES string of the molecule is CNc1ccncc1S(=O)(=O)NCCc1ccc(Cl)cc1. The summed E-state index contributed by atoms with van der Waals surface area (Å²) in [4.78, 5) is 4.00. The Morgan fingerprint density at radius 1 is 1.19 bits per heavy atom. The van der Waals surface area contributed by atoms with Gasteiger partial charge in [-0.15, -0.1) is 0 Å². The molecule has 0 saturated heterocycles. The van der Waals surface area contributed by atoms with Crippen LogP contribution in [0.5, 0.6) is 0 Å². The van der Waals surface area contributed by atoms with Gasteiger partial charge in [0.25, 0.3) is 0 Å². The second-order valence-corrected chi connectivity index (χ2v) is 6.57. The standard InChI is InChI=1S/C14H16ClN3O2S/c1-16-13-7-8-17-10-14(13)21(19,20)18-9-6-11-2-4-12(15)5-3-11/h2-5,7-8,10,18H,6,9H2,1H3,(H,16,17). The zero-order valence-corrected chi connectivity index (χ0v) is 13.1. The fourth-order valence-electron chi connectivity index (χ4n) is 1.86. The highest BCUT2D eigenvalue weighted by atomic mass is 35.5. The van der Waals surface area contributed by atoms with Gasteiger partial charge >= 0.3 is 0 Å². The number of nitrogens with zero attached hydrogens (tertiary/aromatic N) is 1. The van der Waals surface area contributed by atoms with Gasteiger partial charge in [-0.3, -0.25) is 4.98 Å². The largest absolute Gasteiger partial charge is 0.387 e. The van der Waals surface area contributed by atoms with Crippen LogP contribution in [0.2, 0.25) is 5.02 Å². The minimum Gasteiger partial charge on any atom is -0.387 e. The maximum absolute atomic E-state index is 12.2. The molecule has 0 atom stereocenters. The van der Waals surface area contributed by atoms with Gasteiger partial charge in [0.2, 0.25) is 10.0 Å². The molecule has 5 nitrogen and oxygen atoms in total. The maximum Gasteiger partial charge on any atom is 0.244 e. The molecule has 2 rings (SSSR count). The Bertz CT molecular complexity index is 702. The van der Waals surface area contributed by atoms with E-state index in [-0.39, 0.29) is 4.90 Å². The molecular weight excluding hydrogens is 310 g/mol. The predicted molar refractivity (Wildman–Crippen MR) is 84.1 cm³/mol. The van der Waals surface area contributed by atoms with E-state index >= 15 is 0 Å². The molecule has 0 unspecified atom stereocenters. The fourth-order valence-corrected chi connectivity index (χ4v) is 3.17. The minimum absolute atomic E-state index is 0.142. The van der Waals surface area contributed by atoms with Crippen molar-refractivity contribution in [3.05, 3.63) is 53.3 Å². The summed E-state index contributed by atoms with van der Waals surface area (Å²) in [6.07, 6.45) is 3.46. The molecular formula is C14H16ClN3O2S. The molecule has 0 amide bonds. The van der Waals surface area contributed by atoms with Crippen LogP contribution in [0.4, 0.5) is 5.69 Å². The molecule has 7 heteroatoms. The second kappa shape index (κ2) is 6.89. The normalized spacial score (nSPS) is 11.3. The van der Waals surface area contributed by atoms with Crippen LogP contribution in [-0.4, -0.2) is 27.0 Å². The number of hydrogen-bond acceptors (Lipinski definition) is 4. The molecule has 0 fully saturated rings. The van der Waals surface area contributed by atoms with Crippen LogP contribution in [0.1, 0.15) is 5.56 Å². The van der Waals surface area contributed by atoms with Crippen molar-refractivity contribution < 1.29 is 8.42 Å². The number of pyridine rings is 1. The van der Waals surface area contributed by atoms with Crippen molar-refractivity contribution >= 4 is 27.3 Å². The lowest BCUT2D eigenvalue weighted by Gasteiger charge is -2.10. The van der Waals surface area contributed by atoms with Crippen LogP contribution in [0.15, 0.2) is 47.6 Å². The van der Waals surface area contributed by atoms with Crippen molar-refractivity contribution in [1.82, 2.24) is 9.71 Å². The van der Waals surface area contributed by atoms with E-state index in [1.54, 1.807) is 31.4 Å². The van der Waals surface area contributed by atoms with E-state index in [0.29, 0.717) is 23.7 Å². The molecule has 0 aliphatic heterocycles. The van der Waals surface area contributed by atoms with Gasteiger partial charge in [0.15, 0.2) is 0 Å². The number of benzene rings is 1. The molecule has 0 aliphatic carbocycles. The predicted octanol–water partition coefficient (Wildman–Crippen LogP) is 2.30. The molecule has 0 saturated carbocycles. The van der Waals surface area contributed by atoms with E-state index in [1.165, 1.54) is 6.20 Å². The minimum atomic E-state index is -3.58. The number of hydrogen-bond donors (Lipinski definition) is 2. The Balaban J connectivity index is 2.03. The van der Waals surface area contributed by atoms with Crippen LogP contribution in [0.3, 0.4) is 0 Å². The average Bonchev–Trinajstić information content (AvgIpc) is 2.49. The molecule has 0 radical (unpaired) electrons. The van der Waals surface area contributed by atoms with Gasteiger partial charge in [-0.1, -0.05) is 23.7 Å². The van der Waals surface area contributed by atoms with E-state index in [2.05, 4.69) is 15.0 Å². The van der Waals surface area contributed by atoms with Gasteiger partial charge in [0.05, 0.1) is 5.69 Å². The van der Waals surface area contributed by atoms with Crippen molar-refractivity contribution in [3.63, 3.8) is 0 Å². The van der Waals surface area contributed by atoms with Crippen LogP contribution in [0.25, 0.3) is 0 Å². The van der Waals surface area contributed by atoms with Crippen LogP contribution in [-0.2, 0) is 16.4 Å². The maximum atomic E-state index is 12.2. The van der Waals surface area contributed by atoms with Gasteiger partial charge in [-0.05, 0) is 30.2 Å². The molecule has 1 aromatic carbocycles. The molecule has 0 spiro atoms. The lowest BCUT2D eigenvalue weighted by molar-refractivity contribution is 0.581. The number of anilines is 1. The van der Waals surface area contributed by atoms with E-state index in [1.807, 2.05) is 12.1 Å². The Morgan fingerprint density at radius 3 is 2.57 bits per heavy atom. The summed E-state index contributed by atoms with van der Waals surface area (Å²) in [6.45, 7) is 0.308. The first kappa shape index (κ1) is 15.8. The molecule has 0 aliphatic rings. The summed E-state index contributed by atoms with van der Waals surface area (Å²) in [5.41, 5.74) is 1.53. The Kier molecular flexibility index (Phi) is 5.17. The van der Waals surface area contributed by atoms with Gasteiger partial charge in [0.1, 0.15) is 4.90 Å². The first-order chi connectivity index (χ1) is 10.0. The number of sulfonamides is 1. The van der Waals surface area contributed by atoms with Crippen LogP contribution in [0, 0.1) is 0 Å². The Hall–Kier alpha value is -1.63. The molecule has 2 aromatic rings. The van der Waals surface area contributed by atoms with Gasteiger partial charge in [-0.2, -0.15) is 0 Å². The smallest absolute Gasteiger partial charge is 0.244 e. The quantitative estimate of drug-likeness (QED) is 0.855. The molecule has 1 heterocycles. The summed E-state index contributed by atoms with van der Waals surface area (Å²) < 4.78 is 27.1. The summed E-state index contributed by atoms with van der Waals surface area (Å²) in [6, 6.07) is 8.93. The summed E-state index contributed by atoms with van der Waals surface area (Å²) in [5.74, 6) is 0. The number of halogens is 1. The first-order valence-corrected chi connectivity index (χ1v) is 8.25. The topological polar surface area (TPSA) is 71.1 Å². The third-order valence-corrected chi connectivity index (χ3v) is 4.70. The Morgan fingerprint density at radius 2 is 1.90 bits per heavy atom.